The van der Waals surface area contributed by atoms with E-state index in [1.54, 1.807) is 0 Å². The summed E-state index contributed by atoms with van der Waals surface area (Å²) in [5, 5.41) is 11.8. The Morgan fingerprint density at radius 2 is 1.24 bits per heavy atom. The largest absolute Gasteiger partial charge is 0.478 e. The number of esters is 2. The van der Waals surface area contributed by atoms with Gasteiger partial charge in [-0.1, -0.05) is 39.7 Å². The maximum atomic E-state index is 13.2. The zero-order valence-electron chi connectivity index (χ0n) is 20.4. The Labute approximate surface area is 245 Å². The number of halogens is 8. The Kier molecular flexibility index (Phi) is 9.89. The van der Waals surface area contributed by atoms with Gasteiger partial charge in [-0.3, -0.25) is 4.79 Å². The Bertz CT molecular complexity index is 1530. The van der Waals surface area contributed by atoms with Gasteiger partial charge in [0.15, 0.2) is 0 Å². The van der Waals surface area contributed by atoms with Crippen LogP contribution in [0.15, 0.2) is 71.2 Å². The van der Waals surface area contributed by atoms with Crippen LogP contribution in [0, 0.1) is 0 Å². The highest BCUT2D eigenvalue weighted by Gasteiger charge is 2.42. The highest BCUT2D eigenvalue weighted by molar-refractivity contribution is 9.10. The quantitative estimate of drug-likeness (QED) is 0.203. The van der Waals surface area contributed by atoms with Crippen molar-refractivity contribution >= 4 is 57.0 Å². The number of anilines is 1. The summed E-state index contributed by atoms with van der Waals surface area (Å²) in [6.45, 7) is 0. The number of aliphatic carboxylic acids is 1. The summed E-state index contributed by atoms with van der Waals surface area (Å²) < 4.78 is 88.8. The molecule has 0 heterocycles. The highest BCUT2D eigenvalue weighted by Crippen LogP contribution is 2.31. The van der Waals surface area contributed by atoms with Crippen molar-refractivity contribution in [1.29, 1.82) is 0 Å². The van der Waals surface area contributed by atoms with Crippen molar-refractivity contribution < 1.29 is 60.1 Å². The van der Waals surface area contributed by atoms with E-state index < -0.39 is 70.6 Å². The fourth-order valence-electron chi connectivity index (χ4n) is 3.30. The number of benzene rings is 3. The van der Waals surface area contributed by atoms with Gasteiger partial charge in [-0.05, 0) is 54.6 Å². The number of hydrogen-bond donors (Lipinski definition) is 2. The second kappa shape index (κ2) is 12.8. The predicted octanol–water partition coefficient (Wildman–Crippen LogP) is 6.61. The van der Waals surface area contributed by atoms with Crippen LogP contribution in [0.3, 0.4) is 0 Å². The third-order valence-electron chi connectivity index (χ3n) is 5.28. The molecule has 0 fully saturated rings. The van der Waals surface area contributed by atoms with E-state index in [1.165, 1.54) is 18.2 Å². The van der Waals surface area contributed by atoms with Gasteiger partial charge in [0.2, 0.25) is 12.2 Å². The standard InChI is InChI=1S/C26H15BrClF6NO7/c27-16-7-8-18(17(28)11-16)35-21(36)19(41-23(39)12-3-1-5-14(9-12)25(29,30)31)20(22(37)38)42-24(40)13-4-2-6-15(10-13)26(32,33)34/h1-11,19-20H,(H,35,36)(H,37,38)/t19-,20+/m1/s1. The summed E-state index contributed by atoms with van der Waals surface area (Å²) in [6, 6.07) is 9.39. The van der Waals surface area contributed by atoms with Crippen LogP contribution < -0.4 is 5.32 Å². The van der Waals surface area contributed by atoms with Crippen LogP contribution in [-0.4, -0.2) is 41.1 Å². The van der Waals surface area contributed by atoms with Crippen molar-refractivity contribution in [3.8, 4) is 0 Å². The van der Waals surface area contributed by atoms with Crippen LogP contribution in [0.25, 0.3) is 0 Å². The van der Waals surface area contributed by atoms with Gasteiger partial charge in [0.25, 0.3) is 5.91 Å². The first-order valence-corrected chi connectivity index (χ1v) is 12.4. The number of alkyl halides is 6. The molecule has 0 aliphatic rings. The molecule has 3 aromatic rings. The lowest BCUT2D eigenvalue weighted by atomic mass is 10.1. The second-order valence-electron chi connectivity index (χ2n) is 8.26. The molecule has 2 N–H and O–H groups in total. The average Bonchev–Trinajstić information content (AvgIpc) is 2.91. The van der Waals surface area contributed by atoms with Crippen LogP contribution in [-0.2, 0) is 31.4 Å². The molecule has 2 atom stereocenters. The maximum Gasteiger partial charge on any atom is 0.416 e. The molecule has 42 heavy (non-hydrogen) atoms. The van der Waals surface area contributed by atoms with Crippen molar-refractivity contribution in [1.82, 2.24) is 0 Å². The van der Waals surface area contributed by atoms with Gasteiger partial charge in [-0.25, -0.2) is 14.4 Å². The summed E-state index contributed by atoms with van der Waals surface area (Å²) in [5.41, 5.74) is -4.21. The van der Waals surface area contributed by atoms with E-state index in [4.69, 9.17) is 21.1 Å². The lowest BCUT2D eigenvalue weighted by molar-refractivity contribution is -0.157. The molecule has 0 aliphatic heterocycles. The van der Waals surface area contributed by atoms with Crippen LogP contribution in [0.4, 0.5) is 32.0 Å². The topological polar surface area (TPSA) is 119 Å². The molecule has 3 aromatic carbocycles. The van der Waals surface area contributed by atoms with Crippen molar-refractivity contribution in [2.45, 2.75) is 24.6 Å². The minimum absolute atomic E-state index is 0.0893. The van der Waals surface area contributed by atoms with Crippen molar-refractivity contribution in [2.75, 3.05) is 5.32 Å². The third kappa shape index (κ3) is 8.22. The summed E-state index contributed by atoms with van der Waals surface area (Å²) in [4.78, 5) is 50.7. The second-order valence-corrected chi connectivity index (χ2v) is 9.58. The molecule has 0 aromatic heterocycles. The van der Waals surface area contributed by atoms with E-state index in [9.17, 15) is 50.6 Å². The first-order valence-electron chi connectivity index (χ1n) is 11.2. The molecule has 3 rings (SSSR count). The first-order chi connectivity index (χ1) is 19.5. The van der Waals surface area contributed by atoms with Crippen LogP contribution in [0.2, 0.25) is 5.02 Å². The molecule has 0 bridgehead atoms. The van der Waals surface area contributed by atoms with Gasteiger partial charge in [0, 0.05) is 4.47 Å². The van der Waals surface area contributed by atoms with Gasteiger partial charge in [-0.15, -0.1) is 0 Å². The molecule has 0 radical (unpaired) electrons. The Balaban J connectivity index is 1.99. The number of carboxylic acids is 1. The monoisotopic (exact) mass is 681 g/mol. The number of hydrogen-bond acceptors (Lipinski definition) is 6. The first kappa shape index (κ1) is 32.4. The third-order valence-corrected chi connectivity index (χ3v) is 6.09. The summed E-state index contributed by atoms with van der Waals surface area (Å²) in [6.07, 6.45) is -15.0. The van der Waals surface area contributed by atoms with E-state index in [-0.39, 0.29) is 10.7 Å². The number of amides is 1. The van der Waals surface area contributed by atoms with Gasteiger partial charge in [-0.2, -0.15) is 26.3 Å². The van der Waals surface area contributed by atoms with Crippen LogP contribution in [0.5, 0.6) is 0 Å². The van der Waals surface area contributed by atoms with Crippen molar-refractivity contribution in [2.24, 2.45) is 0 Å². The van der Waals surface area contributed by atoms with Gasteiger partial charge in [0.1, 0.15) is 0 Å². The SMILES string of the molecule is O=C(O[C@H](C(=O)O)[C@@H](OC(=O)c1cccc(C(F)(F)F)c1)C(=O)Nc1ccc(Br)cc1Cl)c1cccc(C(F)(F)F)c1. The number of nitrogens with one attached hydrogen (secondary N) is 1. The minimum Gasteiger partial charge on any atom is -0.478 e. The maximum absolute atomic E-state index is 13.2. The van der Waals surface area contributed by atoms with Gasteiger partial charge >= 0.3 is 30.3 Å². The molecular weight excluding hydrogens is 668 g/mol. The molecule has 1 amide bonds. The summed E-state index contributed by atoms with van der Waals surface area (Å²) in [7, 11) is 0. The Morgan fingerprint density at radius 3 is 1.67 bits per heavy atom. The lowest BCUT2D eigenvalue weighted by Gasteiger charge is -2.24. The Morgan fingerprint density at radius 1 is 0.762 bits per heavy atom. The normalized spacial score (nSPS) is 13.0. The van der Waals surface area contributed by atoms with Crippen LogP contribution >= 0.6 is 27.5 Å². The average molecular weight is 683 g/mol. The molecular formula is C26H15BrClF6NO7. The van der Waals surface area contributed by atoms with Crippen molar-refractivity contribution in [3.05, 3.63) is 98.5 Å². The molecule has 16 heteroatoms. The number of carbonyl (C=O) groups is 4. The minimum atomic E-state index is -4.88. The fraction of sp³-hybridized carbons (Fsp3) is 0.154. The van der Waals surface area contributed by atoms with Crippen LogP contribution in [0.1, 0.15) is 31.8 Å². The number of carbonyl (C=O) groups excluding carboxylic acids is 3. The molecule has 8 nitrogen and oxygen atoms in total. The smallest absolute Gasteiger partial charge is 0.416 e. The summed E-state index contributed by atoms with van der Waals surface area (Å²) in [5.74, 6) is -6.81. The Hall–Kier alpha value is -4.11. The number of rotatable bonds is 8. The molecule has 222 valence electrons. The molecule has 0 spiro atoms. The lowest BCUT2D eigenvalue weighted by Crippen LogP contribution is -2.48. The fourth-order valence-corrected chi connectivity index (χ4v) is 4.02. The van der Waals surface area contributed by atoms with E-state index in [0.717, 1.165) is 24.3 Å². The predicted molar refractivity (Wildman–Crippen MR) is 137 cm³/mol. The molecule has 0 aliphatic carbocycles. The summed E-state index contributed by atoms with van der Waals surface area (Å²) >= 11 is 9.17. The van der Waals surface area contributed by atoms with Gasteiger partial charge < -0.3 is 19.9 Å². The molecule has 0 unspecified atom stereocenters. The van der Waals surface area contributed by atoms with Crippen molar-refractivity contribution in [3.63, 3.8) is 0 Å². The number of carboxylic acid groups (broad SMARTS) is 1. The van der Waals surface area contributed by atoms with E-state index in [1.807, 2.05) is 0 Å². The number of ether oxygens (including phenoxy) is 2. The molecule has 0 saturated heterocycles. The van der Waals surface area contributed by atoms with Gasteiger partial charge in [0.05, 0.1) is 33.0 Å². The molecule has 0 saturated carbocycles. The zero-order chi connectivity index (χ0) is 31.4. The highest BCUT2D eigenvalue weighted by atomic mass is 79.9. The van der Waals surface area contributed by atoms with E-state index in [0.29, 0.717) is 28.7 Å². The van der Waals surface area contributed by atoms with E-state index >= 15 is 0 Å². The zero-order valence-corrected chi connectivity index (χ0v) is 22.8. The van der Waals surface area contributed by atoms with E-state index in [2.05, 4.69) is 21.2 Å².